The topological polar surface area (TPSA) is 8.17 Å². The predicted molar refractivity (Wildman–Crippen MR) is 237 cm³/mol. The maximum atomic E-state index is 2.41. The molecule has 0 fully saturated rings. The van der Waals surface area contributed by atoms with Crippen molar-refractivity contribution in [2.45, 2.75) is 0 Å². The van der Waals surface area contributed by atoms with Crippen molar-refractivity contribution in [2.75, 3.05) is 4.90 Å². The number of fused-ring (bicyclic) bond motifs is 3. The predicted octanol–water partition coefficient (Wildman–Crippen LogP) is 14.9. The van der Waals surface area contributed by atoms with Gasteiger partial charge in [0.05, 0.1) is 16.7 Å². The third-order valence-electron chi connectivity index (χ3n) is 10.8. The second kappa shape index (κ2) is 14.4. The third kappa shape index (κ3) is 6.14. The molecule has 10 rings (SSSR count). The lowest BCUT2D eigenvalue weighted by Gasteiger charge is -2.28. The van der Waals surface area contributed by atoms with E-state index < -0.39 is 0 Å². The average Bonchev–Trinajstić information content (AvgIpc) is 3.62. The van der Waals surface area contributed by atoms with Crippen molar-refractivity contribution in [3.63, 3.8) is 0 Å². The molecule has 0 bridgehead atoms. The smallest absolute Gasteiger partial charge is 0.0547 e. The van der Waals surface area contributed by atoms with Crippen LogP contribution in [0.1, 0.15) is 0 Å². The molecule has 56 heavy (non-hydrogen) atoms. The molecule has 0 radical (unpaired) electrons. The second-order valence-corrected chi connectivity index (χ2v) is 14.2. The maximum absolute atomic E-state index is 2.41. The summed E-state index contributed by atoms with van der Waals surface area (Å²) in [6, 6.07) is 83.0. The molecule has 10 aromatic rings. The van der Waals surface area contributed by atoms with Crippen LogP contribution in [0.4, 0.5) is 17.1 Å². The van der Waals surface area contributed by atoms with Crippen molar-refractivity contribution < 1.29 is 0 Å². The summed E-state index contributed by atoms with van der Waals surface area (Å²) < 4.78 is 2.41. The molecular formula is C54H38N2. The zero-order valence-electron chi connectivity index (χ0n) is 30.8. The molecule has 0 aliphatic carbocycles. The largest absolute Gasteiger partial charge is 0.310 e. The van der Waals surface area contributed by atoms with Gasteiger partial charge in [-0.1, -0.05) is 170 Å². The lowest BCUT2D eigenvalue weighted by Crippen LogP contribution is -2.11. The Hall–Kier alpha value is -7.42. The fraction of sp³-hybridized carbons (Fsp3) is 0. The molecule has 0 N–H and O–H groups in total. The minimum absolute atomic E-state index is 1.11. The van der Waals surface area contributed by atoms with Gasteiger partial charge in [0.15, 0.2) is 0 Å². The fourth-order valence-electron chi connectivity index (χ4n) is 8.08. The Morgan fingerprint density at radius 1 is 0.286 bits per heavy atom. The van der Waals surface area contributed by atoms with E-state index in [2.05, 4.69) is 240 Å². The minimum Gasteiger partial charge on any atom is -0.310 e. The molecule has 0 amide bonds. The normalized spacial score (nSPS) is 11.2. The van der Waals surface area contributed by atoms with Crippen LogP contribution in [0, 0.1) is 0 Å². The van der Waals surface area contributed by atoms with E-state index in [4.69, 9.17) is 0 Å². The van der Waals surface area contributed by atoms with Crippen LogP contribution in [-0.2, 0) is 0 Å². The van der Waals surface area contributed by atoms with Crippen LogP contribution >= 0.6 is 0 Å². The second-order valence-electron chi connectivity index (χ2n) is 14.2. The Bertz CT molecular complexity index is 2930. The van der Waals surface area contributed by atoms with Crippen LogP contribution in [0.5, 0.6) is 0 Å². The summed E-state index contributed by atoms with van der Waals surface area (Å²) in [7, 11) is 0. The highest BCUT2D eigenvalue weighted by atomic mass is 15.1. The lowest BCUT2D eigenvalue weighted by molar-refractivity contribution is 1.18. The van der Waals surface area contributed by atoms with Crippen LogP contribution in [-0.4, -0.2) is 4.57 Å². The van der Waals surface area contributed by atoms with Gasteiger partial charge in [-0.3, -0.25) is 0 Å². The molecule has 2 nitrogen and oxygen atoms in total. The number of hydrogen-bond acceptors (Lipinski definition) is 1. The van der Waals surface area contributed by atoms with Gasteiger partial charge < -0.3 is 9.47 Å². The van der Waals surface area contributed by atoms with Gasteiger partial charge in [0, 0.05) is 33.4 Å². The standard InChI is InChI=1S/C54H38N2/c1-4-15-39(16-5-1)41-27-32-47(33-28-41)55(46-21-8-3-9-22-46)52-25-12-10-23-49(52)45-20-14-19-43(37-45)44-31-36-51-50-24-11-13-26-53(50)56(54(51)38-44)48-34-29-42(30-35-48)40-17-6-2-7-18-40/h1-38H. The summed E-state index contributed by atoms with van der Waals surface area (Å²) in [6.07, 6.45) is 0. The first-order valence-corrected chi connectivity index (χ1v) is 19.2. The van der Waals surface area contributed by atoms with E-state index in [1.54, 1.807) is 0 Å². The molecule has 2 heteroatoms. The number of nitrogens with zero attached hydrogens (tertiary/aromatic N) is 2. The molecule has 1 heterocycles. The molecule has 0 aliphatic rings. The number of benzene rings is 9. The molecular weight excluding hydrogens is 677 g/mol. The first kappa shape index (κ1) is 33.2. The summed E-state index contributed by atoms with van der Waals surface area (Å²) in [5, 5.41) is 2.50. The quantitative estimate of drug-likeness (QED) is 0.152. The van der Waals surface area contributed by atoms with Gasteiger partial charge in [-0.25, -0.2) is 0 Å². The first-order valence-electron chi connectivity index (χ1n) is 19.2. The Labute approximate surface area is 327 Å². The molecule has 0 aliphatic heterocycles. The van der Waals surface area contributed by atoms with Crippen molar-refractivity contribution >= 4 is 38.9 Å². The zero-order valence-corrected chi connectivity index (χ0v) is 30.8. The van der Waals surface area contributed by atoms with Crippen molar-refractivity contribution in [1.82, 2.24) is 4.57 Å². The number of para-hydroxylation sites is 3. The van der Waals surface area contributed by atoms with E-state index in [1.165, 1.54) is 60.8 Å². The van der Waals surface area contributed by atoms with Crippen LogP contribution < -0.4 is 4.90 Å². The monoisotopic (exact) mass is 714 g/mol. The van der Waals surface area contributed by atoms with Gasteiger partial charge in [-0.2, -0.15) is 0 Å². The Balaban J connectivity index is 1.06. The highest BCUT2D eigenvalue weighted by Crippen LogP contribution is 2.42. The maximum Gasteiger partial charge on any atom is 0.0547 e. The van der Waals surface area contributed by atoms with E-state index in [0.717, 1.165) is 28.3 Å². The summed E-state index contributed by atoms with van der Waals surface area (Å²) in [6.45, 7) is 0. The fourth-order valence-corrected chi connectivity index (χ4v) is 8.08. The molecule has 0 spiro atoms. The molecule has 0 saturated carbocycles. The Kier molecular flexibility index (Phi) is 8.55. The van der Waals surface area contributed by atoms with Gasteiger partial charge in [0.2, 0.25) is 0 Å². The van der Waals surface area contributed by atoms with Crippen molar-refractivity contribution in [3.8, 4) is 50.2 Å². The number of anilines is 3. The van der Waals surface area contributed by atoms with Gasteiger partial charge in [-0.15, -0.1) is 0 Å². The van der Waals surface area contributed by atoms with E-state index in [0.29, 0.717) is 0 Å². The Morgan fingerprint density at radius 2 is 0.768 bits per heavy atom. The van der Waals surface area contributed by atoms with E-state index >= 15 is 0 Å². The van der Waals surface area contributed by atoms with Crippen molar-refractivity contribution in [3.05, 3.63) is 231 Å². The third-order valence-corrected chi connectivity index (χ3v) is 10.8. The van der Waals surface area contributed by atoms with Crippen LogP contribution in [0.15, 0.2) is 231 Å². The van der Waals surface area contributed by atoms with Crippen molar-refractivity contribution in [1.29, 1.82) is 0 Å². The lowest BCUT2D eigenvalue weighted by atomic mass is 9.96. The highest BCUT2D eigenvalue weighted by Gasteiger charge is 2.18. The zero-order chi connectivity index (χ0) is 37.3. The summed E-state index contributed by atoms with van der Waals surface area (Å²) in [5.74, 6) is 0. The van der Waals surface area contributed by atoms with Crippen molar-refractivity contribution in [2.24, 2.45) is 0 Å². The Morgan fingerprint density at radius 3 is 1.48 bits per heavy atom. The summed E-state index contributed by atoms with van der Waals surface area (Å²) >= 11 is 0. The summed E-state index contributed by atoms with van der Waals surface area (Å²) in [5.41, 5.74) is 16.4. The van der Waals surface area contributed by atoms with E-state index in [-0.39, 0.29) is 0 Å². The van der Waals surface area contributed by atoms with E-state index in [9.17, 15) is 0 Å². The molecule has 9 aromatic carbocycles. The minimum atomic E-state index is 1.11. The number of hydrogen-bond donors (Lipinski definition) is 0. The number of aromatic nitrogens is 1. The van der Waals surface area contributed by atoms with E-state index in [1.807, 2.05) is 0 Å². The molecule has 0 unspecified atom stereocenters. The highest BCUT2D eigenvalue weighted by molar-refractivity contribution is 6.10. The number of rotatable bonds is 8. The average molecular weight is 715 g/mol. The van der Waals surface area contributed by atoms with Gasteiger partial charge in [-0.05, 0) is 99.6 Å². The van der Waals surface area contributed by atoms with Gasteiger partial charge in [0.1, 0.15) is 0 Å². The van der Waals surface area contributed by atoms with Crippen LogP contribution in [0.2, 0.25) is 0 Å². The van der Waals surface area contributed by atoms with Gasteiger partial charge >= 0.3 is 0 Å². The van der Waals surface area contributed by atoms with Crippen LogP contribution in [0.3, 0.4) is 0 Å². The molecule has 0 atom stereocenters. The van der Waals surface area contributed by atoms with Gasteiger partial charge in [0.25, 0.3) is 0 Å². The van der Waals surface area contributed by atoms with Crippen LogP contribution in [0.25, 0.3) is 72.0 Å². The first-order chi connectivity index (χ1) is 27.8. The molecule has 1 aromatic heterocycles. The SMILES string of the molecule is c1ccc(-c2ccc(N(c3ccccc3)c3ccccc3-c3cccc(-c4ccc5c6ccccc6n(-c6ccc(-c7ccccc7)cc6)c5c4)c3)cc2)cc1. The molecule has 264 valence electrons. The summed E-state index contributed by atoms with van der Waals surface area (Å²) in [4.78, 5) is 2.37. The molecule has 0 saturated heterocycles.